The highest BCUT2D eigenvalue weighted by Gasteiger charge is 2.33. The van der Waals surface area contributed by atoms with Crippen LogP contribution in [0.3, 0.4) is 0 Å². The minimum Gasteiger partial charge on any atom is -0.480 e. The lowest BCUT2D eigenvalue weighted by Crippen LogP contribution is -2.44. The van der Waals surface area contributed by atoms with Crippen LogP contribution in [0.25, 0.3) is 11.4 Å². The number of ether oxygens (including phenoxy) is 1. The summed E-state index contributed by atoms with van der Waals surface area (Å²) in [6, 6.07) is 1.88. The van der Waals surface area contributed by atoms with Crippen LogP contribution in [0.5, 0.6) is 5.88 Å². The molecule has 0 aliphatic carbocycles. The number of pyridine rings is 1. The number of carbonyl (C=O) groups excluding carboxylic acids is 1. The van der Waals surface area contributed by atoms with Crippen molar-refractivity contribution in [1.29, 1.82) is 0 Å². The molecule has 2 aromatic heterocycles. The van der Waals surface area contributed by atoms with Gasteiger partial charge in [-0.05, 0) is 41.8 Å². The van der Waals surface area contributed by atoms with Crippen LogP contribution >= 0.6 is 15.9 Å². The van der Waals surface area contributed by atoms with Crippen molar-refractivity contribution in [1.82, 2.24) is 20.0 Å². The SMILES string of the molecule is COc1nc(C)c(Br)cc1-c1noc(C2CCCN(C(=O)C(C)(C)C)C2)n1. The Bertz CT molecular complexity index is 844. The molecule has 1 atom stereocenters. The van der Waals surface area contributed by atoms with E-state index >= 15 is 0 Å². The van der Waals surface area contributed by atoms with E-state index in [9.17, 15) is 4.79 Å². The Morgan fingerprint density at radius 3 is 2.78 bits per heavy atom. The first-order chi connectivity index (χ1) is 12.7. The first kappa shape index (κ1) is 19.8. The second-order valence-corrected chi connectivity index (χ2v) is 8.76. The number of amides is 1. The largest absolute Gasteiger partial charge is 0.480 e. The molecule has 8 heteroatoms. The molecular weight excluding hydrogens is 412 g/mol. The lowest BCUT2D eigenvalue weighted by atomic mass is 9.91. The van der Waals surface area contributed by atoms with E-state index in [0.717, 1.165) is 29.6 Å². The number of carbonyl (C=O) groups is 1. The van der Waals surface area contributed by atoms with Gasteiger partial charge in [-0.2, -0.15) is 4.98 Å². The predicted molar refractivity (Wildman–Crippen MR) is 105 cm³/mol. The van der Waals surface area contributed by atoms with E-state index < -0.39 is 5.41 Å². The highest BCUT2D eigenvalue weighted by molar-refractivity contribution is 9.10. The molecule has 7 nitrogen and oxygen atoms in total. The minimum absolute atomic E-state index is 0.0409. The van der Waals surface area contributed by atoms with Crippen molar-refractivity contribution in [2.45, 2.75) is 46.5 Å². The third-order valence-electron chi connectivity index (χ3n) is 4.69. The van der Waals surface area contributed by atoms with Gasteiger partial charge in [0.15, 0.2) is 0 Å². The van der Waals surface area contributed by atoms with Gasteiger partial charge in [0.1, 0.15) is 0 Å². The maximum atomic E-state index is 12.6. The normalized spacial score (nSPS) is 17.9. The van der Waals surface area contributed by atoms with Gasteiger partial charge in [-0.1, -0.05) is 25.9 Å². The highest BCUT2D eigenvalue weighted by Crippen LogP contribution is 2.33. The van der Waals surface area contributed by atoms with Crippen LogP contribution in [0.4, 0.5) is 0 Å². The van der Waals surface area contributed by atoms with Gasteiger partial charge in [-0.3, -0.25) is 4.79 Å². The monoisotopic (exact) mass is 436 g/mol. The van der Waals surface area contributed by atoms with Gasteiger partial charge in [0.2, 0.25) is 23.5 Å². The third kappa shape index (κ3) is 4.15. The van der Waals surface area contributed by atoms with Crippen LogP contribution in [-0.4, -0.2) is 46.1 Å². The number of likely N-dealkylation sites (tertiary alicyclic amines) is 1. The zero-order valence-electron chi connectivity index (χ0n) is 16.4. The van der Waals surface area contributed by atoms with Crippen LogP contribution in [0, 0.1) is 12.3 Å². The average Bonchev–Trinajstić information content (AvgIpc) is 3.12. The van der Waals surface area contributed by atoms with E-state index in [0.29, 0.717) is 29.7 Å². The molecule has 0 bridgehead atoms. The van der Waals surface area contributed by atoms with Crippen LogP contribution in [0.15, 0.2) is 15.1 Å². The second kappa shape index (κ2) is 7.58. The summed E-state index contributed by atoms with van der Waals surface area (Å²) in [5.41, 5.74) is 1.10. The van der Waals surface area contributed by atoms with E-state index in [2.05, 4.69) is 31.1 Å². The van der Waals surface area contributed by atoms with E-state index in [-0.39, 0.29) is 11.8 Å². The number of nitrogens with zero attached hydrogens (tertiary/aromatic N) is 4. The number of hydrogen-bond acceptors (Lipinski definition) is 6. The van der Waals surface area contributed by atoms with Crippen molar-refractivity contribution in [2.75, 3.05) is 20.2 Å². The quantitative estimate of drug-likeness (QED) is 0.723. The number of aromatic nitrogens is 3. The van der Waals surface area contributed by atoms with Crippen LogP contribution < -0.4 is 4.74 Å². The fraction of sp³-hybridized carbons (Fsp3) is 0.579. The fourth-order valence-electron chi connectivity index (χ4n) is 3.22. The standard InChI is InChI=1S/C19H25BrN4O3/c1-11-14(20)9-13(17(21-11)26-5)15-22-16(27-23-15)12-7-6-8-24(10-12)18(25)19(2,3)4/h9,12H,6-8,10H2,1-5H3. The van der Waals surface area contributed by atoms with Crippen molar-refractivity contribution in [3.8, 4) is 17.3 Å². The van der Waals surface area contributed by atoms with Gasteiger partial charge in [0.05, 0.1) is 24.3 Å². The number of rotatable bonds is 3. The number of methoxy groups -OCH3 is 1. The molecule has 0 spiro atoms. The third-order valence-corrected chi connectivity index (χ3v) is 5.49. The molecule has 1 aliphatic rings. The Morgan fingerprint density at radius 2 is 2.11 bits per heavy atom. The molecule has 1 aliphatic heterocycles. The maximum Gasteiger partial charge on any atom is 0.231 e. The molecule has 3 heterocycles. The molecule has 0 N–H and O–H groups in total. The molecule has 27 heavy (non-hydrogen) atoms. The van der Waals surface area contributed by atoms with Gasteiger partial charge < -0.3 is 14.2 Å². The highest BCUT2D eigenvalue weighted by atomic mass is 79.9. The molecular formula is C19H25BrN4O3. The minimum atomic E-state index is -0.394. The number of halogens is 1. The Morgan fingerprint density at radius 1 is 1.37 bits per heavy atom. The molecule has 1 saturated heterocycles. The Kier molecular flexibility index (Phi) is 5.55. The van der Waals surface area contributed by atoms with Crippen LogP contribution in [0.1, 0.15) is 51.1 Å². The van der Waals surface area contributed by atoms with Gasteiger partial charge in [0, 0.05) is 23.0 Å². The summed E-state index contributed by atoms with van der Waals surface area (Å²) in [5, 5.41) is 4.13. The van der Waals surface area contributed by atoms with E-state index in [1.165, 1.54) is 0 Å². The summed E-state index contributed by atoms with van der Waals surface area (Å²) in [4.78, 5) is 23.5. The summed E-state index contributed by atoms with van der Waals surface area (Å²) < 4.78 is 11.8. The molecule has 0 saturated carbocycles. The Hall–Kier alpha value is -1.96. The van der Waals surface area contributed by atoms with E-state index in [1.807, 2.05) is 38.7 Å². The van der Waals surface area contributed by atoms with Gasteiger partial charge >= 0.3 is 0 Å². The van der Waals surface area contributed by atoms with E-state index in [4.69, 9.17) is 9.26 Å². The van der Waals surface area contributed by atoms with Crippen molar-refractivity contribution in [3.05, 3.63) is 22.1 Å². The van der Waals surface area contributed by atoms with Gasteiger partial charge in [0.25, 0.3) is 0 Å². The molecule has 0 aromatic carbocycles. The molecule has 146 valence electrons. The predicted octanol–water partition coefficient (Wildman–Crippen LogP) is 3.96. The summed E-state index contributed by atoms with van der Waals surface area (Å²) in [6.07, 6.45) is 1.84. The average molecular weight is 437 g/mol. The fourth-order valence-corrected chi connectivity index (χ4v) is 3.54. The summed E-state index contributed by atoms with van der Waals surface area (Å²) in [7, 11) is 1.57. The lowest BCUT2D eigenvalue weighted by molar-refractivity contribution is -0.140. The first-order valence-corrected chi connectivity index (χ1v) is 9.84. The summed E-state index contributed by atoms with van der Waals surface area (Å²) in [5.74, 6) is 1.64. The van der Waals surface area contributed by atoms with E-state index in [1.54, 1.807) is 7.11 Å². The molecule has 1 unspecified atom stereocenters. The van der Waals surface area contributed by atoms with Crippen molar-refractivity contribution in [2.24, 2.45) is 5.41 Å². The smallest absolute Gasteiger partial charge is 0.231 e. The van der Waals surface area contributed by atoms with Crippen molar-refractivity contribution < 1.29 is 14.1 Å². The second-order valence-electron chi connectivity index (χ2n) is 7.91. The molecule has 2 aromatic rings. The molecule has 1 fully saturated rings. The summed E-state index contributed by atoms with van der Waals surface area (Å²) >= 11 is 3.48. The molecule has 1 amide bonds. The first-order valence-electron chi connectivity index (χ1n) is 9.05. The number of aryl methyl sites for hydroxylation is 1. The maximum absolute atomic E-state index is 12.6. The van der Waals surface area contributed by atoms with Gasteiger partial charge in [-0.15, -0.1) is 0 Å². The zero-order chi connectivity index (χ0) is 19.8. The van der Waals surface area contributed by atoms with Crippen molar-refractivity contribution in [3.63, 3.8) is 0 Å². The van der Waals surface area contributed by atoms with Gasteiger partial charge in [-0.25, -0.2) is 4.98 Å². The Balaban J connectivity index is 1.84. The topological polar surface area (TPSA) is 81.4 Å². The Labute approximate surface area is 167 Å². The van der Waals surface area contributed by atoms with Crippen LogP contribution in [-0.2, 0) is 4.79 Å². The van der Waals surface area contributed by atoms with Crippen LogP contribution in [0.2, 0.25) is 0 Å². The summed E-state index contributed by atoms with van der Waals surface area (Å²) in [6.45, 7) is 9.09. The molecule has 0 radical (unpaired) electrons. The van der Waals surface area contributed by atoms with Crippen molar-refractivity contribution >= 4 is 21.8 Å². The number of hydrogen-bond donors (Lipinski definition) is 0. The number of piperidine rings is 1. The zero-order valence-corrected chi connectivity index (χ0v) is 18.0. The molecule has 3 rings (SSSR count). The lowest BCUT2D eigenvalue weighted by Gasteiger charge is -2.35.